The third kappa shape index (κ3) is 6.71. The van der Waals surface area contributed by atoms with E-state index in [0.29, 0.717) is 6.04 Å². The molecule has 0 saturated heterocycles. The molecular formula is C16H32N2O2. The molecule has 1 aliphatic carbocycles. The maximum atomic E-state index is 11.7. The lowest BCUT2D eigenvalue weighted by Gasteiger charge is -2.28. The largest absolute Gasteiger partial charge is 0.468 e. The summed E-state index contributed by atoms with van der Waals surface area (Å²) in [6.45, 7) is 6.22. The third-order valence-electron chi connectivity index (χ3n) is 4.11. The van der Waals surface area contributed by atoms with Crippen LogP contribution >= 0.6 is 0 Å². The second-order valence-corrected chi connectivity index (χ2v) is 6.45. The summed E-state index contributed by atoms with van der Waals surface area (Å²) < 4.78 is 4.88. The molecule has 0 radical (unpaired) electrons. The molecule has 1 atom stereocenters. The fourth-order valence-electron chi connectivity index (χ4n) is 3.07. The number of carbonyl (C=O) groups is 1. The van der Waals surface area contributed by atoms with Crippen LogP contribution in [0.15, 0.2) is 0 Å². The Morgan fingerprint density at radius 3 is 2.50 bits per heavy atom. The molecule has 0 heterocycles. The van der Waals surface area contributed by atoms with Crippen molar-refractivity contribution in [3.63, 3.8) is 0 Å². The summed E-state index contributed by atoms with van der Waals surface area (Å²) in [5.41, 5.74) is 0. The average molecular weight is 284 g/mol. The van der Waals surface area contributed by atoms with Crippen molar-refractivity contribution < 1.29 is 9.53 Å². The Bertz CT molecular complexity index is 276. The van der Waals surface area contributed by atoms with Crippen LogP contribution < -0.4 is 5.32 Å². The van der Waals surface area contributed by atoms with Gasteiger partial charge in [-0.1, -0.05) is 33.1 Å². The Kier molecular flexibility index (Phi) is 8.15. The van der Waals surface area contributed by atoms with Gasteiger partial charge in [0.1, 0.15) is 6.04 Å². The molecule has 0 spiro atoms. The van der Waals surface area contributed by atoms with E-state index in [2.05, 4.69) is 31.1 Å². The molecule has 20 heavy (non-hydrogen) atoms. The maximum Gasteiger partial charge on any atom is 0.322 e. The number of carbonyl (C=O) groups excluding carboxylic acids is 1. The molecule has 1 saturated carbocycles. The molecule has 118 valence electrons. The first-order valence-electron chi connectivity index (χ1n) is 8.05. The summed E-state index contributed by atoms with van der Waals surface area (Å²) >= 11 is 0. The summed E-state index contributed by atoms with van der Waals surface area (Å²) in [4.78, 5) is 14.1. The van der Waals surface area contributed by atoms with Crippen LogP contribution in [0.3, 0.4) is 0 Å². The van der Waals surface area contributed by atoms with E-state index in [1.165, 1.54) is 39.2 Å². The van der Waals surface area contributed by atoms with E-state index in [1.54, 1.807) is 0 Å². The Morgan fingerprint density at radius 1 is 1.30 bits per heavy atom. The van der Waals surface area contributed by atoms with Crippen LogP contribution in [0.1, 0.15) is 52.4 Å². The van der Waals surface area contributed by atoms with Crippen molar-refractivity contribution in [2.45, 2.75) is 64.5 Å². The van der Waals surface area contributed by atoms with Crippen molar-refractivity contribution in [2.75, 3.05) is 27.2 Å². The first-order chi connectivity index (χ1) is 9.52. The molecule has 0 aliphatic heterocycles. The average Bonchev–Trinajstić information content (AvgIpc) is 2.43. The van der Waals surface area contributed by atoms with Crippen molar-refractivity contribution in [1.29, 1.82) is 0 Å². The molecule has 0 aromatic heterocycles. The zero-order chi connectivity index (χ0) is 15.0. The van der Waals surface area contributed by atoms with Gasteiger partial charge in [-0.05, 0) is 38.8 Å². The molecule has 0 amide bonds. The predicted molar refractivity (Wildman–Crippen MR) is 82.8 cm³/mol. The Balaban J connectivity index is 2.31. The molecular weight excluding hydrogens is 252 g/mol. The number of hydrogen-bond donors (Lipinski definition) is 1. The normalized spacial score (nSPS) is 18.5. The number of rotatable bonds is 8. The molecule has 1 aliphatic rings. The number of ether oxygens (including phenoxy) is 1. The third-order valence-corrected chi connectivity index (χ3v) is 4.11. The smallest absolute Gasteiger partial charge is 0.322 e. The van der Waals surface area contributed by atoms with Crippen molar-refractivity contribution in [3.05, 3.63) is 0 Å². The second kappa shape index (κ2) is 9.35. The van der Waals surface area contributed by atoms with E-state index >= 15 is 0 Å². The molecule has 4 nitrogen and oxygen atoms in total. The first kappa shape index (κ1) is 17.4. The highest BCUT2D eigenvalue weighted by Crippen LogP contribution is 2.24. The molecule has 1 N–H and O–H groups in total. The monoisotopic (exact) mass is 284 g/mol. The fraction of sp³-hybridized carbons (Fsp3) is 0.938. The van der Waals surface area contributed by atoms with Crippen LogP contribution in [-0.2, 0) is 9.53 Å². The number of hydrogen-bond acceptors (Lipinski definition) is 4. The molecule has 1 rings (SSSR count). The van der Waals surface area contributed by atoms with E-state index in [4.69, 9.17) is 4.74 Å². The van der Waals surface area contributed by atoms with Crippen LogP contribution in [0, 0.1) is 5.92 Å². The van der Waals surface area contributed by atoms with E-state index in [9.17, 15) is 4.79 Å². The van der Waals surface area contributed by atoms with Crippen molar-refractivity contribution in [3.8, 4) is 0 Å². The quantitative estimate of drug-likeness (QED) is 0.695. The zero-order valence-electron chi connectivity index (χ0n) is 13.7. The summed E-state index contributed by atoms with van der Waals surface area (Å²) in [5, 5.41) is 3.29. The Hall–Kier alpha value is -0.610. The number of nitrogens with zero attached hydrogens (tertiary/aromatic N) is 1. The molecule has 1 unspecified atom stereocenters. The Morgan fingerprint density at radius 2 is 1.95 bits per heavy atom. The van der Waals surface area contributed by atoms with Crippen LogP contribution in [0.5, 0.6) is 0 Å². The molecule has 4 heteroatoms. The zero-order valence-corrected chi connectivity index (χ0v) is 13.7. The van der Waals surface area contributed by atoms with Crippen molar-refractivity contribution in [2.24, 2.45) is 5.92 Å². The highest BCUT2D eigenvalue weighted by molar-refractivity contribution is 5.75. The highest BCUT2D eigenvalue weighted by atomic mass is 16.5. The van der Waals surface area contributed by atoms with Gasteiger partial charge in [-0.15, -0.1) is 0 Å². The van der Waals surface area contributed by atoms with Gasteiger partial charge in [0, 0.05) is 12.6 Å². The first-order valence-corrected chi connectivity index (χ1v) is 8.05. The fourth-order valence-corrected chi connectivity index (χ4v) is 3.07. The van der Waals surface area contributed by atoms with E-state index < -0.39 is 0 Å². The second-order valence-electron chi connectivity index (χ2n) is 6.45. The SMILES string of the molecule is COC(=O)C(CCN(C)CC1CCCCC1)NC(C)C. The summed E-state index contributed by atoms with van der Waals surface area (Å²) in [5.74, 6) is 0.702. The minimum Gasteiger partial charge on any atom is -0.468 e. The van der Waals surface area contributed by atoms with Gasteiger partial charge in [0.05, 0.1) is 7.11 Å². The van der Waals surface area contributed by atoms with Gasteiger partial charge in [-0.2, -0.15) is 0 Å². The molecule has 0 aromatic carbocycles. The topological polar surface area (TPSA) is 41.6 Å². The van der Waals surface area contributed by atoms with E-state index in [0.717, 1.165) is 25.4 Å². The lowest BCUT2D eigenvalue weighted by Crippen LogP contribution is -2.43. The standard InChI is InChI=1S/C16H32N2O2/c1-13(2)17-15(16(19)20-4)10-11-18(3)12-14-8-6-5-7-9-14/h13-15,17H,5-12H2,1-4H3. The number of methoxy groups -OCH3 is 1. The summed E-state index contributed by atoms with van der Waals surface area (Å²) in [6.07, 6.45) is 7.73. The van der Waals surface area contributed by atoms with Crippen LogP contribution in [0.4, 0.5) is 0 Å². The van der Waals surface area contributed by atoms with Crippen molar-refractivity contribution in [1.82, 2.24) is 10.2 Å². The maximum absolute atomic E-state index is 11.7. The van der Waals surface area contributed by atoms with Gasteiger partial charge >= 0.3 is 5.97 Å². The Labute approximate surface area is 124 Å². The van der Waals surface area contributed by atoms with Crippen molar-refractivity contribution >= 4 is 5.97 Å². The van der Waals surface area contributed by atoms with Crippen LogP contribution in [0.2, 0.25) is 0 Å². The minimum atomic E-state index is -0.186. The van der Waals surface area contributed by atoms with Gasteiger partial charge in [-0.25, -0.2) is 0 Å². The van der Waals surface area contributed by atoms with Gasteiger partial charge in [0.15, 0.2) is 0 Å². The van der Waals surface area contributed by atoms with E-state index in [-0.39, 0.29) is 12.0 Å². The van der Waals surface area contributed by atoms with Crippen LogP contribution in [0.25, 0.3) is 0 Å². The summed E-state index contributed by atoms with van der Waals surface area (Å²) in [7, 11) is 3.63. The predicted octanol–water partition coefficient (Wildman–Crippen LogP) is 2.43. The van der Waals surface area contributed by atoms with Gasteiger partial charge < -0.3 is 15.0 Å². The summed E-state index contributed by atoms with van der Waals surface area (Å²) in [6, 6.07) is 0.108. The number of esters is 1. The highest BCUT2D eigenvalue weighted by Gasteiger charge is 2.21. The molecule has 0 aromatic rings. The molecule has 1 fully saturated rings. The number of nitrogens with one attached hydrogen (secondary N) is 1. The minimum absolute atomic E-state index is 0.148. The molecule has 0 bridgehead atoms. The van der Waals surface area contributed by atoms with Gasteiger partial charge in [0.25, 0.3) is 0 Å². The van der Waals surface area contributed by atoms with Gasteiger partial charge in [0.2, 0.25) is 0 Å². The van der Waals surface area contributed by atoms with Crippen LogP contribution in [-0.4, -0.2) is 50.2 Å². The lowest BCUT2D eigenvalue weighted by atomic mass is 9.89. The van der Waals surface area contributed by atoms with Gasteiger partial charge in [-0.3, -0.25) is 4.79 Å². The lowest BCUT2D eigenvalue weighted by molar-refractivity contribution is -0.143. The van der Waals surface area contributed by atoms with E-state index in [1.807, 2.05) is 0 Å².